The lowest BCUT2D eigenvalue weighted by Gasteiger charge is -2.44. The van der Waals surface area contributed by atoms with Gasteiger partial charge in [0.15, 0.2) is 11.6 Å². The summed E-state index contributed by atoms with van der Waals surface area (Å²) in [7, 11) is 0. The fourth-order valence-corrected chi connectivity index (χ4v) is 4.29. The molecular weight excluding hydrogens is 433 g/mol. The molecule has 2 atom stereocenters. The van der Waals surface area contributed by atoms with Gasteiger partial charge in [-0.05, 0) is 58.9 Å². The van der Waals surface area contributed by atoms with E-state index >= 15 is 0 Å². The molecule has 3 aromatic heterocycles. The maximum absolute atomic E-state index is 14.9. The molecule has 4 rings (SSSR count). The lowest BCUT2D eigenvalue weighted by atomic mass is 10.1. The third-order valence-electron chi connectivity index (χ3n) is 5.41. The van der Waals surface area contributed by atoms with Gasteiger partial charge in [0.1, 0.15) is 5.60 Å². The fourth-order valence-electron chi connectivity index (χ4n) is 4.13. The molecule has 9 heteroatoms. The first-order valence-corrected chi connectivity index (χ1v) is 11.0. The molecule has 0 radical (unpaired) electrons. The zero-order chi connectivity index (χ0) is 23.2. The number of aromatic nitrogens is 3. The summed E-state index contributed by atoms with van der Waals surface area (Å²) in [4.78, 5) is 20.9. The third-order valence-corrected chi connectivity index (χ3v) is 5.64. The Morgan fingerprint density at radius 3 is 2.53 bits per heavy atom. The molecule has 1 aliphatic rings. The Balaban J connectivity index is 1.62. The molecule has 4 heterocycles. The highest BCUT2D eigenvalue weighted by Crippen LogP contribution is 2.30. The summed E-state index contributed by atoms with van der Waals surface area (Å²) in [6.07, 6.45) is 3.11. The average Bonchev–Trinajstić information content (AvgIpc) is 3.09. The van der Waals surface area contributed by atoms with Gasteiger partial charge in [0, 0.05) is 29.9 Å². The van der Waals surface area contributed by atoms with Gasteiger partial charge in [0.05, 0.1) is 29.5 Å². The van der Waals surface area contributed by atoms with E-state index in [1.54, 1.807) is 40.0 Å². The fraction of sp³-hybridized carbons (Fsp3) is 0.435. The van der Waals surface area contributed by atoms with E-state index in [1.807, 2.05) is 39.5 Å². The van der Waals surface area contributed by atoms with E-state index in [0.717, 1.165) is 11.1 Å². The Hall–Kier alpha value is -2.87. The smallest absolute Gasteiger partial charge is 0.410 e. The maximum atomic E-state index is 14.9. The summed E-state index contributed by atoms with van der Waals surface area (Å²) in [5, 5.41) is 4.92. The SMILES string of the molecule is C[C@@H]1CN(c2nc(-c3cnn4ccc(Cl)cc34)ccc2F)C[C@H](C)N1C(=O)OC(C)(C)C. The second-order valence-corrected chi connectivity index (χ2v) is 9.66. The highest BCUT2D eigenvalue weighted by Gasteiger charge is 2.36. The number of amides is 1. The second kappa shape index (κ2) is 8.24. The van der Waals surface area contributed by atoms with Crippen LogP contribution in [0.25, 0.3) is 16.8 Å². The summed E-state index contributed by atoms with van der Waals surface area (Å²) in [5.74, 6) is -0.153. The van der Waals surface area contributed by atoms with Crippen molar-refractivity contribution in [2.24, 2.45) is 0 Å². The van der Waals surface area contributed by atoms with Crippen LogP contribution in [0.1, 0.15) is 34.6 Å². The second-order valence-electron chi connectivity index (χ2n) is 9.23. The number of rotatable bonds is 2. The van der Waals surface area contributed by atoms with Crippen molar-refractivity contribution in [3.05, 3.63) is 47.5 Å². The Kier molecular flexibility index (Phi) is 5.75. The van der Waals surface area contributed by atoms with Crippen LogP contribution in [0.3, 0.4) is 0 Å². The molecule has 0 saturated carbocycles. The Morgan fingerprint density at radius 2 is 1.88 bits per heavy atom. The number of hydrogen-bond acceptors (Lipinski definition) is 5. The molecule has 1 saturated heterocycles. The monoisotopic (exact) mass is 459 g/mol. The molecule has 0 spiro atoms. The predicted octanol–water partition coefficient (Wildman–Crippen LogP) is 5.02. The van der Waals surface area contributed by atoms with Crippen molar-refractivity contribution in [3.8, 4) is 11.3 Å². The van der Waals surface area contributed by atoms with Gasteiger partial charge in [-0.1, -0.05) is 11.6 Å². The van der Waals surface area contributed by atoms with E-state index in [2.05, 4.69) is 10.1 Å². The van der Waals surface area contributed by atoms with Gasteiger partial charge >= 0.3 is 6.09 Å². The Labute approximate surface area is 191 Å². The number of carbonyl (C=O) groups excluding carboxylic acids is 1. The molecule has 0 unspecified atom stereocenters. The van der Waals surface area contributed by atoms with E-state index in [-0.39, 0.29) is 24.0 Å². The van der Waals surface area contributed by atoms with Crippen LogP contribution < -0.4 is 4.90 Å². The zero-order valence-electron chi connectivity index (χ0n) is 18.8. The Bertz CT molecular complexity index is 1150. The Morgan fingerprint density at radius 1 is 1.19 bits per heavy atom. The number of pyridine rings is 2. The molecule has 7 nitrogen and oxygen atoms in total. The largest absolute Gasteiger partial charge is 0.444 e. The van der Waals surface area contributed by atoms with Crippen molar-refractivity contribution >= 4 is 29.0 Å². The molecule has 32 heavy (non-hydrogen) atoms. The van der Waals surface area contributed by atoms with Gasteiger partial charge in [0.2, 0.25) is 0 Å². The average molecular weight is 460 g/mol. The molecular formula is C23H27ClFN5O2. The van der Waals surface area contributed by atoms with Crippen molar-refractivity contribution in [2.75, 3.05) is 18.0 Å². The predicted molar refractivity (Wildman–Crippen MR) is 123 cm³/mol. The number of anilines is 1. The topological polar surface area (TPSA) is 63.0 Å². The van der Waals surface area contributed by atoms with Crippen LogP contribution in [0.5, 0.6) is 0 Å². The van der Waals surface area contributed by atoms with E-state index < -0.39 is 11.4 Å². The van der Waals surface area contributed by atoms with Gasteiger partial charge in [-0.3, -0.25) is 4.90 Å². The standard InChI is InChI=1S/C23H27ClFN5O2/c1-14-12-28(13-15(2)30(14)22(31)32-23(3,4)5)21-18(25)6-7-19(27-21)17-11-26-29-9-8-16(24)10-20(17)29/h6-11,14-15H,12-13H2,1-5H3/t14-,15+. The molecule has 170 valence electrons. The molecule has 1 aliphatic heterocycles. The van der Waals surface area contributed by atoms with Crippen LogP contribution in [0.4, 0.5) is 15.0 Å². The first-order valence-electron chi connectivity index (χ1n) is 10.6. The lowest BCUT2D eigenvalue weighted by molar-refractivity contribution is 0.00557. The van der Waals surface area contributed by atoms with Gasteiger partial charge in [-0.15, -0.1) is 0 Å². The molecule has 1 amide bonds. The van der Waals surface area contributed by atoms with Crippen molar-refractivity contribution < 1.29 is 13.9 Å². The number of halogens is 2. The van der Waals surface area contributed by atoms with Crippen LogP contribution in [-0.2, 0) is 4.74 Å². The van der Waals surface area contributed by atoms with Gasteiger partial charge < -0.3 is 9.64 Å². The van der Waals surface area contributed by atoms with Gasteiger partial charge in [-0.25, -0.2) is 18.7 Å². The van der Waals surface area contributed by atoms with Crippen LogP contribution in [-0.4, -0.2) is 56.4 Å². The number of fused-ring (bicyclic) bond motifs is 1. The molecule has 3 aromatic rings. The first-order chi connectivity index (χ1) is 15.0. The summed E-state index contributed by atoms with van der Waals surface area (Å²) in [6, 6.07) is 6.27. The van der Waals surface area contributed by atoms with Crippen molar-refractivity contribution in [1.29, 1.82) is 0 Å². The van der Waals surface area contributed by atoms with E-state index in [4.69, 9.17) is 16.3 Å². The quantitative estimate of drug-likeness (QED) is 0.538. The van der Waals surface area contributed by atoms with E-state index in [1.165, 1.54) is 6.07 Å². The minimum absolute atomic E-state index is 0.172. The minimum atomic E-state index is -0.576. The minimum Gasteiger partial charge on any atom is -0.444 e. The summed E-state index contributed by atoms with van der Waals surface area (Å²) < 4.78 is 22.1. The zero-order valence-corrected chi connectivity index (χ0v) is 19.6. The van der Waals surface area contributed by atoms with Crippen LogP contribution >= 0.6 is 11.6 Å². The van der Waals surface area contributed by atoms with E-state index in [0.29, 0.717) is 23.8 Å². The molecule has 1 fully saturated rings. The lowest BCUT2D eigenvalue weighted by Crippen LogP contribution is -2.59. The summed E-state index contributed by atoms with van der Waals surface area (Å²) >= 11 is 6.15. The van der Waals surface area contributed by atoms with Crippen LogP contribution in [0.2, 0.25) is 5.02 Å². The highest BCUT2D eigenvalue weighted by atomic mass is 35.5. The van der Waals surface area contributed by atoms with Crippen LogP contribution in [0.15, 0.2) is 36.7 Å². The number of hydrogen-bond donors (Lipinski definition) is 0. The molecule has 0 aliphatic carbocycles. The number of piperazine rings is 1. The molecule has 0 aromatic carbocycles. The summed E-state index contributed by atoms with van der Waals surface area (Å²) in [6.45, 7) is 10.3. The van der Waals surface area contributed by atoms with E-state index in [9.17, 15) is 9.18 Å². The number of nitrogens with zero attached hydrogens (tertiary/aromatic N) is 5. The molecule has 0 bridgehead atoms. The van der Waals surface area contributed by atoms with Crippen molar-refractivity contribution in [2.45, 2.75) is 52.3 Å². The van der Waals surface area contributed by atoms with Crippen molar-refractivity contribution in [1.82, 2.24) is 19.5 Å². The van der Waals surface area contributed by atoms with Crippen molar-refractivity contribution in [3.63, 3.8) is 0 Å². The van der Waals surface area contributed by atoms with Crippen LogP contribution in [0, 0.1) is 5.82 Å². The summed E-state index contributed by atoms with van der Waals surface area (Å²) in [5.41, 5.74) is 1.59. The third kappa shape index (κ3) is 4.37. The first kappa shape index (κ1) is 22.3. The molecule has 0 N–H and O–H groups in total. The normalized spacial score (nSPS) is 19.5. The van der Waals surface area contributed by atoms with Gasteiger partial charge in [0.25, 0.3) is 0 Å². The maximum Gasteiger partial charge on any atom is 0.410 e. The highest BCUT2D eigenvalue weighted by molar-refractivity contribution is 6.31. The number of carbonyl (C=O) groups is 1. The van der Waals surface area contributed by atoms with Gasteiger partial charge in [-0.2, -0.15) is 5.10 Å². The number of ether oxygens (including phenoxy) is 1.